The molecular formula is C14H26N2O3. The molecule has 1 aliphatic rings. The summed E-state index contributed by atoms with van der Waals surface area (Å²) >= 11 is 0. The first kappa shape index (κ1) is 16.0. The van der Waals surface area contributed by atoms with Gasteiger partial charge in [-0.05, 0) is 32.6 Å². The van der Waals surface area contributed by atoms with Gasteiger partial charge in [0.2, 0.25) is 5.91 Å². The lowest BCUT2D eigenvalue weighted by atomic mass is 9.75. The van der Waals surface area contributed by atoms with Gasteiger partial charge in [-0.1, -0.05) is 13.8 Å². The van der Waals surface area contributed by atoms with Crippen LogP contribution in [-0.2, 0) is 9.59 Å². The summed E-state index contributed by atoms with van der Waals surface area (Å²) in [5, 5.41) is 9.34. The predicted molar refractivity (Wildman–Crippen MR) is 73.6 cm³/mol. The second-order valence-electron chi connectivity index (χ2n) is 5.85. The largest absolute Gasteiger partial charge is 0.481 e. The molecule has 1 saturated heterocycles. The third kappa shape index (κ3) is 2.91. The van der Waals surface area contributed by atoms with E-state index in [-0.39, 0.29) is 5.91 Å². The molecule has 1 unspecified atom stereocenters. The first-order valence-electron chi connectivity index (χ1n) is 7.08. The van der Waals surface area contributed by atoms with Gasteiger partial charge in [0, 0.05) is 19.6 Å². The zero-order chi connectivity index (χ0) is 14.7. The Hall–Kier alpha value is -1.10. The molecule has 1 atom stereocenters. The highest BCUT2D eigenvalue weighted by Crippen LogP contribution is 2.36. The molecule has 0 aromatic heterocycles. The number of carboxylic acid groups (broad SMARTS) is 1. The molecular weight excluding hydrogens is 244 g/mol. The Labute approximate surface area is 115 Å². The first-order valence-corrected chi connectivity index (χ1v) is 7.08. The van der Waals surface area contributed by atoms with Crippen molar-refractivity contribution in [1.82, 2.24) is 4.90 Å². The number of carboxylic acids is 1. The number of likely N-dealkylation sites (tertiary alicyclic amines) is 1. The Balaban J connectivity index is 2.73. The number of carbonyl (C=O) groups is 2. The lowest BCUT2D eigenvalue weighted by Crippen LogP contribution is -2.52. The standard InChI is InChI=1S/C14H26N2O3/c1-4-13(3,10-15)11(17)16-8-6-14(5-2,7-9-16)12(18)19/h4-10,15H2,1-3H3,(H,18,19). The van der Waals surface area contributed by atoms with Crippen LogP contribution in [0.25, 0.3) is 0 Å². The fourth-order valence-corrected chi connectivity index (χ4v) is 2.62. The molecule has 19 heavy (non-hydrogen) atoms. The summed E-state index contributed by atoms with van der Waals surface area (Å²) in [6, 6.07) is 0. The van der Waals surface area contributed by atoms with Gasteiger partial charge in [0.1, 0.15) is 0 Å². The summed E-state index contributed by atoms with van der Waals surface area (Å²) in [6.07, 6.45) is 2.40. The third-order valence-corrected chi connectivity index (χ3v) is 4.89. The molecule has 1 rings (SSSR count). The lowest BCUT2D eigenvalue weighted by molar-refractivity contribution is -0.156. The highest BCUT2D eigenvalue weighted by Gasteiger charge is 2.43. The van der Waals surface area contributed by atoms with Gasteiger partial charge in [-0.3, -0.25) is 9.59 Å². The summed E-state index contributed by atoms with van der Waals surface area (Å²) in [5.74, 6) is -0.674. The molecule has 0 spiro atoms. The van der Waals surface area contributed by atoms with Gasteiger partial charge in [-0.2, -0.15) is 0 Å². The van der Waals surface area contributed by atoms with Gasteiger partial charge in [-0.15, -0.1) is 0 Å². The van der Waals surface area contributed by atoms with Crippen molar-refractivity contribution in [3.63, 3.8) is 0 Å². The average Bonchev–Trinajstić information content (AvgIpc) is 2.45. The molecule has 1 heterocycles. The van der Waals surface area contributed by atoms with Gasteiger partial charge < -0.3 is 15.7 Å². The Morgan fingerprint density at radius 2 is 1.84 bits per heavy atom. The number of aliphatic carboxylic acids is 1. The minimum absolute atomic E-state index is 0.0626. The molecule has 0 aliphatic carbocycles. The number of hydrogen-bond donors (Lipinski definition) is 2. The van der Waals surface area contributed by atoms with E-state index in [1.54, 1.807) is 4.90 Å². The maximum atomic E-state index is 12.4. The SMILES string of the molecule is CCC(C)(CN)C(=O)N1CCC(CC)(C(=O)O)CC1. The highest BCUT2D eigenvalue weighted by molar-refractivity contribution is 5.83. The molecule has 1 aliphatic heterocycles. The number of nitrogens with two attached hydrogens (primary N) is 1. The number of rotatable bonds is 5. The maximum Gasteiger partial charge on any atom is 0.309 e. The maximum absolute atomic E-state index is 12.4. The van der Waals surface area contributed by atoms with Crippen molar-refractivity contribution in [2.45, 2.75) is 46.5 Å². The normalized spacial score (nSPS) is 21.8. The Kier molecular flexibility index (Phi) is 4.96. The fraction of sp³-hybridized carbons (Fsp3) is 0.857. The lowest BCUT2D eigenvalue weighted by Gasteiger charge is -2.41. The second-order valence-corrected chi connectivity index (χ2v) is 5.85. The van der Waals surface area contributed by atoms with Crippen LogP contribution in [0.2, 0.25) is 0 Å². The van der Waals surface area contributed by atoms with Crippen LogP contribution in [0.3, 0.4) is 0 Å². The van der Waals surface area contributed by atoms with E-state index in [4.69, 9.17) is 5.73 Å². The van der Waals surface area contributed by atoms with E-state index in [9.17, 15) is 14.7 Å². The number of amides is 1. The van der Waals surface area contributed by atoms with Crippen molar-refractivity contribution in [2.24, 2.45) is 16.6 Å². The van der Waals surface area contributed by atoms with Crippen LogP contribution in [0.5, 0.6) is 0 Å². The monoisotopic (exact) mass is 270 g/mol. The van der Waals surface area contributed by atoms with Crippen molar-refractivity contribution in [3.8, 4) is 0 Å². The number of hydrogen-bond acceptors (Lipinski definition) is 3. The predicted octanol–water partition coefficient (Wildman–Crippen LogP) is 1.46. The van der Waals surface area contributed by atoms with E-state index in [1.165, 1.54) is 0 Å². The molecule has 3 N–H and O–H groups in total. The highest BCUT2D eigenvalue weighted by atomic mass is 16.4. The molecule has 1 fully saturated rings. The van der Waals surface area contributed by atoms with Crippen molar-refractivity contribution in [2.75, 3.05) is 19.6 Å². The Bertz CT molecular complexity index is 343. The van der Waals surface area contributed by atoms with Gasteiger partial charge >= 0.3 is 5.97 Å². The van der Waals surface area contributed by atoms with Crippen molar-refractivity contribution in [3.05, 3.63) is 0 Å². The van der Waals surface area contributed by atoms with Gasteiger partial charge in [0.25, 0.3) is 0 Å². The van der Waals surface area contributed by atoms with Crippen LogP contribution >= 0.6 is 0 Å². The summed E-state index contributed by atoms with van der Waals surface area (Å²) < 4.78 is 0. The molecule has 0 aromatic rings. The van der Waals surface area contributed by atoms with Crippen LogP contribution < -0.4 is 5.73 Å². The van der Waals surface area contributed by atoms with E-state index in [0.29, 0.717) is 45.3 Å². The summed E-state index contributed by atoms with van der Waals surface area (Å²) in [5.41, 5.74) is 4.54. The van der Waals surface area contributed by atoms with Crippen LogP contribution in [0, 0.1) is 10.8 Å². The van der Waals surface area contributed by atoms with E-state index < -0.39 is 16.8 Å². The van der Waals surface area contributed by atoms with Gasteiger partial charge in [0.05, 0.1) is 10.8 Å². The van der Waals surface area contributed by atoms with Gasteiger partial charge in [-0.25, -0.2) is 0 Å². The number of nitrogens with zero attached hydrogens (tertiary/aromatic N) is 1. The minimum Gasteiger partial charge on any atom is -0.481 e. The van der Waals surface area contributed by atoms with E-state index in [0.717, 1.165) is 0 Å². The van der Waals surface area contributed by atoms with Crippen LogP contribution in [0.15, 0.2) is 0 Å². The summed E-state index contributed by atoms with van der Waals surface area (Å²) in [4.78, 5) is 25.6. The molecule has 1 amide bonds. The van der Waals surface area contributed by atoms with Crippen molar-refractivity contribution < 1.29 is 14.7 Å². The molecule has 0 aromatic carbocycles. The van der Waals surface area contributed by atoms with Crippen LogP contribution in [-0.4, -0.2) is 41.5 Å². The topological polar surface area (TPSA) is 83.6 Å². The Morgan fingerprint density at radius 1 is 1.32 bits per heavy atom. The molecule has 0 radical (unpaired) electrons. The zero-order valence-electron chi connectivity index (χ0n) is 12.2. The third-order valence-electron chi connectivity index (χ3n) is 4.89. The average molecular weight is 270 g/mol. The summed E-state index contributed by atoms with van der Waals surface area (Å²) in [7, 11) is 0. The van der Waals surface area contributed by atoms with E-state index in [2.05, 4.69) is 0 Å². The molecule has 110 valence electrons. The molecule has 0 saturated carbocycles. The molecule has 0 bridgehead atoms. The van der Waals surface area contributed by atoms with Gasteiger partial charge in [0.15, 0.2) is 0 Å². The Morgan fingerprint density at radius 3 is 2.16 bits per heavy atom. The first-order chi connectivity index (χ1) is 8.85. The smallest absolute Gasteiger partial charge is 0.309 e. The van der Waals surface area contributed by atoms with Crippen LogP contribution in [0.1, 0.15) is 46.5 Å². The van der Waals surface area contributed by atoms with E-state index in [1.807, 2.05) is 20.8 Å². The minimum atomic E-state index is -0.737. The zero-order valence-corrected chi connectivity index (χ0v) is 12.2. The number of piperidine rings is 1. The van der Waals surface area contributed by atoms with E-state index >= 15 is 0 Å². The summed E-state index contributed by atoms with van der Waals surface area (Å²) in [6.45, 7) is 7.12. The molecule has 5 nitrogen and oxygen atoms in total. The second kappa shape index (κ2) is 5.90. The van der Waals surface area contributed by atoms with Crippen LogP contribution in [0.4, 0.5) is 0 Å². The van der Waals surface area contributed by atoms with Crippen molar-refractivity contribution >= 4 is 11.9 Å². The number of carbonyl (C=O) groups excluding carboxylic acids is 1. The fourth-order valence-electron chi connectivity index (χ4n) is 2.62. The molecule has 5 heteroatoms. The van der Waals surface area contributed by atoms with Crippen molar-refractivity contribution in [1.29, 1.82) is 0 Å². The quantitative estimate of drug-likeness (QED) is 0.792.